The highest BCUT2D eigenvalue weighted by molar-refractivity contribution is 5.77. The summed E-state index contributed by atoms with van der Waals surface area (Å²) in [4.78, 5) is 12.5. The van der Waals surface area contributed by atoms with Gasteiger partial charge in [0.2, 0.25) is 0 Å². The van der Waals surface area contributed by atoms with Crippen molar-refractivity contribution in [3.63, 3.8) is 0 Å². The standard InChI is InChI=1S/C18H18F2N2O3/c1-4-25-16-7-11(5-6-15(16)24-3)10-22-17-13(20)8-12(19)9-14(17)21(2)18(22)23/h5-9H,4,10H2,1-3H3. The number of hydrogen-bond donors (Lipinski definition) is 0. The Kier molecular flexibility index (Phi) is 4.48. The van der Waals surface area contributed by atoms with E-state index in [1.165, 1.54) is 23.3 Å². The molecule has 0 aliphatic carbocycles. The van der Waals surface area contributed by atoms with E-state index in [4.69, 9.17) is 9.47 Å². The Morgan fingerprint density at radius 3 is 2.56 bits per heavy atom. The minimum atomic E-state index is -0.772. The Morgan fingerprint density at radius 2 is 1.88 bits per heavy atom. The number of halogens is 2. The van der Waals surface area contributed by atoms with Crippen molar-refractivity contribution in [3.05, 3.63) is 58.0 Å². The number of fused-ring (bicyclic) bond motifs is 1. The lowest BCUT2D eigenvalue weighted by Crippen LogP contribution is -2.22. The molecule has 0 unspecified atom stereocenters. The third-order valence-corrected chi connectivity index (χ3v) is 4.03. The maximum atomic E-state index is 14.3. The molecule has 0 amide bonds. The van der Waals surface area contributed by atoms with Crippen molar-refractivity contribution in [2.45, 2.75) is 13.5 Å². The van der Waals surface area contributed by atoms with Gasteiger partial charge in [-0.2, -0.15) is 0 Å². The number of aromatic nitrogens is 2. The first-order chi connectivity index (χ1) is 12.0. The molecule has 3 aromatic rings. The summed E-state index contributed by atoms with van der Waals surface area (Å²) in [6, 6.07) is 7.17. The molecule has 132 valence electrons. The number of benzene rings is 2. The second-order valence-electron chi connectivity index (χ2n) is 5.60. The fourth-order valence-electron chi connectivity index (χ4n) is 2.87. The van der Waals surface area contributed by atoms with E-state index >= 15 is 0 Å². The predicted molar refractivity (Wildman–Crippen MR) is 90.4 cm³/mol. The second kappa shape index (κ2) is 6.58. The molecule has 5 nitrogen and oxygen atoms in total. The third kappa shape index (κ3) is 2.97. The van der Waals surface area contributed by atoms with Gasteiger partial charge in [0, 0.05) is 13.1 Å². The van der Waals surface area contributed by atoms with Gasteiger partial charge in [0.05, 0.1) is 25.8 Å². The van der Waals surface area contributed by atoms with Crippen molar-refractivity contribution < 1.29 is 18.3 Å². The van der Waals surface area contributed by atoms with E-state index in [1.54, 1.807) is 18.2 Å². The highest BCUT2D eigenvalue weighted by Crippen LogP contribution is 2.29. The maximum Gasteiger partial charge on any atom is 0.329 e. The van der Waals surface area contributed by atoms with Gasteiger partial charge < -0.3 is 9.47 Å². The van der Waals surface area contributed by atoms with Crippen LogP contribution in [0, 0.1) is 11.6 Å². The van der Waals surface area contributed by atoms with Crippen LogP contribution < -0.4 is 15.2 Å². The average Bonchev–Trinajstić information content (AvgIpc) is 2.81. The molecule has 3 rings (SSSR count). The molecule has 0 fully saturated rings. The number of aryl methyl sites for hydroxylation is 1. The van der Waals surface area contributed by atoms with Crippen LogP contribution in [0.25, 0.3) is 11.0 Å². The Balaban J connectivity index is 2.11. The first kappa shape index (κ1) is 17.0. The largest absolute Gasteiger partial charge is 0.493 e. The minimum Gasteiger partial charge on any atom is -0.493 e. The monoisotopic (exact) mass is 348 g/mol. The van der Waals surface area contributed by atoms with Crippen LogP contribution in [0.4, 0.5) is 8.78 Å². The molecular weight excluding hydrogens is 330 g/mol. The van der Waals surface area contributed by atoms with E-state index in [2.05, 4.69) is 0 Å². The van der Waals surface area contributed by atoms with Crippen LogP contribution in [0.3, 0.4) is 0 Å². The van der Waals surface area contributed by atoms with E-state index in [0.29, 0.717) is 18.1 Å². The molecule has 1 aromatic heterocycles. The quantitative estimate of drug-likeness (QED) is 0.712. The molecule has 0 saturated heterocycles. The average molecular weight is 348 g/mol. The molecule has 0 bridgehead atoms. The molecule has 0 radical (unpaired) electrons. The molecule has 0 aliphatic rings. The van der Waals surface area contributed by atoms with Crippen LogP contribution in [0.5, 0.6) is 11.5 Å². The van der Waals surface area contributed by atoms with Gasteiger partial charge in [-0.05, 0) is 30.7 Å². The van der Waals surface area contributed by atoms with Crippen molar-refractivity contribution in [1.82, 2.24) is 9.13 Å². The van der Waals surface area contributed by atoms with Gasteiger partial charge in [-0.15, -0.1) is 0 Å². The van der Waals surface area contributed by atoms with Gasteiger partial charge in [0.1, 0.15) is 11.3 Å². The minimum absolute atomic E-state index is 0.0719. The van der Waals surface area contributed by atoms with Crippen LogP contribution in [0.1, 0.15) is 12.5 Å². The zero-order valence-corrected chi connectivity index (χ0v) is 14.2. The summed E-state index contributed by atoms with van der Waals surface area (Å²) >= 11 is 0. The Bertz CT molecular complexity index is 992. The molecule has 0 saturated carbocycles. The fraction of sp³-hybridized carbons (Fsp3) is 0.278. The van der Waals surface area contributed by atoms with Crippen LogP contribution >= 0.6 is 0 Å². The molecule has 0 spiro atoms. The predicted octanol–water partition coefficient (Wildman–Crippen LogP) is 3.07. The zero-order valence-electron chi connectivity index (χ0n) is 14.2. The van der Waals surface area contributed by atoms with E-state index in [0.717, 1.165) is 17.7 Å². The van der Waals surface area contributed by atoms with Crippen molar-refractivity contribution in [2.24, 2.45) is 7.05 Å². The summed E-state index contributed by atoms with van der Waals surface area (Å²) in [6.45, 7) is 2.44. The molecule has 2 aromatic carbocycles. The van der Waals surface area contributed by atoms with Crippen LogP contribution in [-0.4, -0.2) is 22.9 Å². The highest BCUT2D eigenvalue weighted by atomic mass is 19.1. The van der Waals surface area contributed by atoms with E-state index in [1.807, 2.05) is 6.92 Å². The number of ether oxygens (including phenoxy) is 2. The van der Waals surface area contributed by atoms with Crippen molar-refractivity contribution in [3.8, 4) is 11.5 Å². The highest BCUT2D eigenvalue weighted by Gasteiger charge is 2.17. The number of methoxy groups -OCH3 is 1. The van der Waals surface area contributed by atoms with Crippen LogP contribution in [-0.2, 0) is 13.6 Å². The molecule has 1 heterocycles. The van der Waals surface area contributed by atoms with Gasteiger partial charge in [0.25, 0.3) is 0 Å². The summed E-state index contributed by atoms with van der Waals surface area (Å²) in [6.07, 6.45) is 0. The summed E-state index contributed by atoms with van der Waals surface area (Å²) in [7, 11) is 3.02. The Morgan fingerprint density at radius 1 is 1.12 bits per heavy atom. The Labute approximate surface area is 143 Å². The number of nitrogens with zero attached hydrogens (tertiary/aromatic N) is 2. The summed E-state index contributed by atoms with van der Waals surface area (Å²) in [5, 5.41) is 0. The van der Waals surface area contributed by atoms with E-state index < -0.39 is 17.3 Å². The smallest absolute Gasteiger partial charge is 0.329 e. The molecular formula is C18H18F2N2O3. The summed E-state index contributed by atoms with van der Waals surface area (Å²) in [5.41, 5.74) is 0.597. The molecule has 0 N–H and O–H groups in total. The summed E-state index contributed by atoms with van der Waals surface area (Å²) < 4.78 is 41.0. The van der Waals surface area contributed by atoms with Gasteiger partial charge in [-0.3, -0.25) is 9.13 Å². The van der Waals surface area contributed by atoms with Gasteiger partial charge in [-0.25, -0.2) is 13.6 Å². The van der Waals surface area contributed by atoms with Gasteiger partial charge >= 0.3 is 5.69 Å². The first-order valence-corrected chi connectivity index (χ1v) is 7.80. The lowest BCUT2D eigenvalue weighted by molar-refractivity contribution is 0.310. The van der Waals surface area contributed by atoms with Crippen LogP contribution in [0.2, 0.25) is 0 Å². The lowest BCUT2D eigenvalue weighted by atomic mass is 10.2. The van der Waals surface area contributed by atoms with Crippen LogP contribution in [0.15, 0.2) is 35.1 Å². The zero-order chi connectivity index (χ0) is 18.1. The molecule has 25 heavy (non-hydrogen) atoms. The van der Waals surface area contributed by atoms with Crippen molar-refractivity contribution in [1.29, 1.82) is 0 Å². The lowest BCUT2D eigenvalue weighted by Gasteiger charge is -2.11. The molecule has 0 aliphatic heterocycles. The molecule has 7 heteroatoms. The van der Waals surface area contributed by atoms with Crippen molar-refractivity contribution in [2.75, 3.05) is 13.7 Å². The second-order valence-corrected chi connectivity index (χ2v) is 5.60. The first-order valence-electron chi connectivity index (χ1n) is 7.80. The Hall–Kier alpha value is -2.83. The van der Waals surface area contributed by atoms with Crippen molar-refractivity contribution >= 4 is 11.0 Å². The fourth-order valence-corrected chi connectivity index (χ4v) is 2.87. The SMILES string of the molecule is CCOc1cc(Cn2c(=O)n(C)c3cc(F)cc(F)c32)ccc1OC. The van der Waals surface area contributed by atoms with Gasteiger partial charge in [-0.1, -0.05) is 6.07 Å². The summed E-state index contributed by atoms with van der Waals surface area (Å²) in [5.74, 6) is -0.376. The van der Waals surface area contributed by atoms with E-state index in [-0.39, 0.29) is 17.6 Å². The molecule has 0 atom stereocenters. The maximum absolute atomic E-state index is 14.3. The number of hydrogen-bond acceptors (Lipinski definition) is 3. The third-order valence-electron chi connectivity index (χ3n) is 4.03. The number of imidazole rings is 1. The topological polar surface area (TPSA) is 45.4 Å². The normalized spacial score (nSPS) is 11.1. The van der Waals surface area contributed by atoms with E-state index in [9.17, 15) is 13.6 Å². The number of rotatable bonds is 5. The van der Waals surface area contributed by atoms with Gasteiger partial charge in [0.15, 0.2) is 17.3 Å².